The van der Waals surface area contributed by atoms with E-state index in [4.69, 9.17) is 9.47 Å². The highest BCUT2D eigenvalue weighted by atomic mass is 16.6. The van der Waals surface area contributed by atoms with E-state index in [0.717, 1.165) is 5.56 Å². The fraction of sp³-hybridized carbons (Fsp3) is 0.235. The van der Waals surface area contributed by atoms with Gasteiger partial charge in [-0.3, -0.25) is 14.9 Å². The topological polar surface area (TPSA) is 81.9 Å². The smallest absolute Gasteiger partial charge is 0.270 e. The molecule has 7 heteroatoms. The Hall–Kier alpha value is -3.09. The van der Waals surface area contributed by atoms with E-state index in [1.807, 2.05) is 24.3 Å². The van der Waals surface area contributed by atoms with E-state index >= 15 is 0 Å². The molecular weight excluding hydrogens is 312 g/mol. The number of methoxy groups -OCH3 is 1. The summed E-state index contributed by atoms with van der Waals surface area (Å²) < 4.78 is 10.8. The Morgan fingerprint density at radius 1 is 1.29 bits per heavy atom. The van der Waals surface area contributed by atoms with Crippen LogP contribution in [0.5, 0.6) is 11.5 Å². The van der Waals surface area contributed by atoms with Gasteiger partial charge in [0, 0.05) is 29.8 Å². The zero-order valence-corrected chi connectivity index (χ0v) is 13.1. The summed E-state index contributed by atoms with van der Waals surface area (Å²) in [5.74, 6) is 1.01. The number of benzene rings is 2. The van der Waals surface area contributed by atoms with Gasteiger partial charge in [-0.15, -0.1) is 0 Å². The second-order valence-corrected chi connectivity index (χ2v) is 5.40. The molecule has 1 heterocycles. The third-order valence-electron chi connectivity index (χ3n) is 3.87. The van der Waals surface area contributed by atoms with Crippen LogP contribution in [0.2, 0.25) is 0 Å². The van der Waals surface area contributed by atoms with E-state index < -0.39 is 4.92 Å². The van der Waals surface area contributed by atoms with Gasteiger partial charge in [-0.05, 0) is 12.1 Å². The van der Waals surface area contributed by atoms with Crippen molar-refractivity contribution in [3.63, 3.8) is 0 Å². The van der Waals surface area contributed by atoms with E-state index in [1.165, 1.54) is 18.2 Å². The van der Waals surface area contributed by atoms with Crippen molar-refractivity contribution in [2.75, 3.05) is 13.7 Å². The van der Waals surface area contributed by atoms with Gasteiger partial charge in [0.05, 0.1) is 18.6 Å². The maximum Gasteiger partial charge on any atom is 0.270 e. The Morgan fingerprint density at radius 2 is 2.08 bits per heavy atom. The quantitative estimate of drug-likeness (QED) is 0.636. The lowest BCUT2D eigenvalue weighted by molar-refractivity contribution is -0.384. The van der Waals surface area contributed by atoms with Crippen molar-refractivity contribution in [3.8, 4) is 11.5 Å². The maximum absolute atomic E-state index is 12.3. The van der Waals surface area contributed by atoms with Gasteiger partial charge < -0.3 is 14.4 Å². The second-order valence-electron chi connectivity index (χ2n) is 5.40. The van der Waals surface area contributed by atoms with Crippen molar-refractivity contribution in [2.45, 2.75) is 13.1 Å². The first-order valence-electron chi connectivity index (χ1n) is 7.38. The Bertz CT molecular complexity index is 790. The molecule has 0 radical (unpaired) electrons. The monoisotopic (exact) mass is 328 g/mol. The van der Waals surface area contributed by atoms with Crippen LogP contribution in [0.15, 0.2) is 42.5 Å². The van der Waals surface area contributed by atoms with E-state index in [-0.39, 0.29) is 24.7 Å². The average Bonchev–Trinajstić information content (AvgIpc) is 2.74. The van der Waals surface area contributed by atoms with Gasteiger partial charge in [0.2, 0.25) is 0 Å². The van der Waals surface area contributed by atoms with Crippen LogP contribution < -0.4 is 9.47 Å². The normalized spacial score (nSPS) is 13.7. The number of non-ortho nitro benzene ring substituents is 1. The number of carbonyl (C=O) groups is 1. The van der Waals surface area contributed by atoms with Crippen LogP contribution in [0.4, 0.5) is 5.69 Å². The number of rotatable bonds is 4. The molecule has 1 aliphatic rings. The number of hydrogen-bond acceptors (Lipinski definition) is 5. The van der Waals surface area contributed by atoms with Crippen LogP contribution >= 0.6 is 0 Å². The molecule has 0 saturated heterocycles. The van der Waals surface area contributed by atoms with Crippen LogP contribution in [0.1, 0.15) is 11.1 Å². The average molecular weight is 328 g/mol. The fourth-order valence-corrected chi connectivity index (χ4v) is 2.65. The number of amides is 1. The second kappa shape index (κ2) is 6.57. The molecule has 7 nitrogen and oxygen atoms in total. The van der Waals surface area contributed by atoms with E-state index in [9.17, 15) is 14.9 Å². The number of nitro benzene ring substituents is 1. The molecule has 2 aromatic rings. The molecule has 0 aliphatic carbocycles. The summed E-state index contributed by atoms with van der Waals surface area (Å²) in [7, 11) is 1.57. The standard InChI is InChI=1S/C17H16N2O5/c1-23-15-5-3-2-4-12(15)9-18-10-13-8-14(19(21)22)6-7-16(13)24-11-17(18)20/h2-8H,9-11H2,1H3. The molecule has 0 N–H and O–H groups in total. The van der Waals surface area contributed by atoms with Gasteiger partial charge in [0.15, 0.2) is 6.61 Å². The molecule has 0 aromatic heterocycles. The molecule has 0 spiro atoms. The highest BCUT2D eigenvalue weighted by Gasteiger charge is 2.24. The first-order valence-corrected chi connectivity index (χ1v) is 7.38. The van der Waals surface area contributed by atoms with Gasteiger partial charge in [-0.2, -0.15) is 0 Å². The first-order chi connectivity index (χ1) is 11.6. The molecule has 0 bridgehead atoms. The van der Waals surface area contributed by atoms with E-state index in [0.29, 0.717) is 23.6 Å². The van der Waals surface area contributed by atoms with Crippen molar-refractivity contribution in [2.24, 2.45) is 0 Å². The van der Waals surface area contributed by atoms with Crippen LogP contribution in [0.25, 0.3) is 0 Å². The van der Waals surface area contributed by atoms with Crippen LogP contribution in [-0.2, 0) is 17.9 Å². The lowest BCUT2D eigenvalue weighted by Crippen LogP contribution is -2.32. The predicted molar refractivity (Wildman–Crippen MR) is 85.8 cm³/mol. The lowest BCUT2D eigenvalue weighted by atomic mass is 10.1. The number of hydrogen-bond donors (Lipinski definition) is 0. The van der Waals surface area contributed by atoms with Crippen LogP contribution in [0, 0.1) is 10.1 Å². The molecular formula is C17H16N2O5. The lowest BCUT2D eigenvalue weighted by Gasteiger charge is -2.21. The molecule has 0 unspecified atom stereocenters. The Kier molecular flexibility index (Phi) is 4.33. The first kappa shape index (κ1) is 15.8. The van der Waals surface area contributed by atoms with Crippen molar-refractivity contribution in [1.29, 1.82) is 0 Å². The van der Waals surface area contributed by atoms with Gasteiger partial charge in [0.25, 0.3) is 11.6 Å². The molecule has 0 fully saturated rings. The molecule has 3 rings (SSSR count). The minimum atomic E-state index is -0.461. The van der Waals surface area contributed by atoms with Crippen molar-refractivity contribution in [3.05, 3.63) is 63.7 Å². The summed E-state index contributed by atoms with van der Waals surface area (Å²) in [4.78, 5) is 24.4. The van der Waals surface area contributed by atoms with Crippen LogP contribution in [-0.4, -0.2) is 29.4 Å². The highest BCUT2D eigenvalue weighted by molar-refractivity contribution is 5.78. The maximum atomic E-state index is 12.3. The predicted octanol–water partition coefficient (Wildman–Crippen LogP) is 2.52. The van der Waals surface area contributed by atoms with E-state index in [2.05, 4.69) is 0 Å². The molecule has 124 valence electrons. The Morgan fingerprint density at radius 3 is 2.83 bits per heavy atom. The van der Waals surface area contributed by atoms with Gasteiger partial charge in [-0.25, -0.2) is 0 Å². The number of nitrogens with zero attached hydrogens (tertiary/aromatic N) is 2. The molecule has 1 amide bonds. The van der Waals surface area contributed by atoms with Gasteiger partial charge in [-0.1, -0.05) is 18.2 Å². The third kappa shape index (κ3) is 3.15. The summed E-state index contributed by atoms with van der Waals surface area (Å²) in [5, 5.41) is 11.0. The van der Waals surface area contributed by atoms with E-state index in [1.54, 1.807) is 12.0 Å². The molecule has 2 aromatic carbocycles. The zero-order chi connectivity index (χ0) is 17.1. The van der Waals surface area contributed by atoms with Crippen LogP contribution in [0.3, 0.4) is 0 Å². The number of carbonyl (C=O) groups excluding carboxylic acids is 1. The summed E-state index contributed by atoms with van der Waals surface area (Å²) in [6, 6.07) is 11.8. The fourth-order valence-electron chi connectivity index (χ4n) is 2.65. The Balaban J connectivity index is 1.90. The number of nitro groups is 1. The van der Waals surface area contributed by atoms with Gasteiger partial charge in [0.1, 0.15) is 11.5 Å². The minimum Gasteiger partial charge on any atom is -0.496 e. The molecule has 24 heavy (non-hydrogen) atoms. The highest BCUT2D eigenvalue weighted by Crippen LogP contribution is 2.29. The minimum absolute atomic E-state index is 0.0241. The van der Waals surface area contributed by atoms with Gasteiger partial charge >= 0.3 is 0 Å². The summed E-state index contributed by atoms with van der Waals surface area (Å²) in [6.07, 6.45) is 0. The molecule has 1 aliphatic heterocycles. The van der Waals surface area contributed by atoms with Crippen molar-refractivity contribution >= 4 is 11.6 Å². The Labute approximate surface area is 138 Å². The van der Waals surface area contributed by atoms with Crippen molar-refractivity contribution in [1.82, 2.24) is 4.90 Å². The molecule has 0 saturated carbocycles. The summed E-state index contributed by atoms with van der Waals surface area (Å²) >= 11 is 0. The third-order valence-corrected chi connectivity index (χ3v) is 3.87. The SMILES string of the molecule is COc1ccccc1CN1Cc2cc([N+](=O)[O-])ccc2OCC1=O. The summed E-state index contributed by atoms with van der Waals surface area (Å²) in [6.45, 7) is 0.488. The molecule has 0 atom stereocenters. The summed E-state index contributed by atoms with van der Waals surface area (Å²) in [5.41, 5.74) is 1.45. The number of fused-ring (bicyclic) bond motifs is 1. The van der Waals surface area contributed by atoms with Crippen molar-refractivity contribution < 1.29 is 19.2 Å². The number of ether oxygens (including phenoxy) is 2. The zero-order valence-electron chi connectivity index (χ0n) is 13.1. The largest absolute Gasteiger partial charge is 0.496 e. The number of para-hydroxylation sites is 1.